The number of piperidine rings is 1. The highest BCUT2D eigenvalue weighted by Gasteiger charge is 2.28. The van der Waals surface area contributed by atoms with Crippen LogP contribution in [0, 0.1) is 11.8 Å². The molecule has 2 amide bonds. The summed E-state index contributed by atoms with van der Waals surface area (Å²) < 4.78 is 0. The van der Waals surface area contributed by atoms with Crippen LogP contribution in [-0.2, 0) is 9.59 Å². The van der Waals surface area contributed by atoms with Crippen LogP contribution in [0.4, 0.5) is 0 Å². The number of nitrogens with zero attached hydrogens (tertiary/aromatic N) is 1. The fraction of sp³-hybridized carbons (Fsp3) is 0.882. The number of hydrogen-bond donors (Lipinski definition) is 2. The second-order valence-corrected chi connectivity index (χ2v) is 7.07. The molecule has 1 aliphatic carbocycles. The Morgan fingerprint density at radius 2 is 1.95 bits per heavy atom. The van der Waals surface area contributed by atoms with Gasteiger partial charge in [0.05, 0.1) is 6.54 Å². The lowest BCUT2D eigenvalue weighted by Gasteiger charge is -2.38. The van der Waals surface area contributed by atoms with E-state index < -0.39 is 0 Å². The van der Waals surface area contributed by atoms with Crippen LogP contribution in [0.1, 0.15) is 58.3 Å². The zero-order valence-corrected chi connectivity index (χ0v) is 13.9. The summed E-state index contributed by atoms with van der Waals surface area (Å²) in [6.45, 7) is 3.59. The molecule has 2 unspecified atom stereocenters. The van der Waals surface area contributed by atoms with E-state index in [0.29, 0.717) is 24.8 Å². The molecule has 0 radical (unpaired) electrons. The van der Waals surface area contributed by atoms with E-state index >= 15 is 0 Å². The Balaban J connectivity index is 1.68. The average molecular weight is 309 g/mol. The van der Waals surface area contributed by atoms with Gasteiger partial charge in [-0.15, -0.1) is 0 Å². The van der Waals surface area contributed by atoms with Crippen molar-refractivity contribution in [3.05, 3.63) is 0 Å². The lowest BCUT2D eigenvalue weighted by atomic mass is 9.92. The van der Waals surface area contributed by atoms with Crippen molar-refractivity contribution in [2.45, 2.75) is 64.3 Å². The van der Waals surface area contributed by atoms with E-state index in [0.717, 1.165) is 25.8 Å². The Bertz CT molecular complexity index is 380. The standard InChI is InChI=1S/C17H31N3O2/c1-13-8-9-20(15(10-13)11-18)17(22)12-19-16(21)7-6-14-4-2-3-5-14/h13-15H,2-12,18H2,1H3,(H,19,21). The van der Waals surface area contributed by atoms with Crippen LogP contribution >= 0.6 is 0 Å². The zero-order chi connectivity index (χ0) is 15.9. The van der Waals surface area contributed by atoms with Crippen molar-refractivity contribution in [3.63, 3.8) is 0 Å². The van der Waals surface area contributed by atoms with Gasteiger partial charge in [-0.25, -0.2) is 0 Å². The van der Waals surface area contributed by atoms with Crippen LogP contribution in [0.25, 0.3) is 0 Å². The van der Waals surface area contributed by atoms with Crippen molar-refractivity contribution >= 4 is 11.8 Å². The predicted molar refractivity (Wildman–Crippen MR) is 87.2 cm³/mol. The molecule has 0 spiro atoms. The molecule has 0 aromatic carbocycles. The summed E-state index contributed by atoms with van der Waals surface area (Å²) in [5.74, 6) is 1.36. The molecule has 126 valence electrons. The molecule has 1 heterocycles. The maximum absolute atomic E-state index is 12.3. The number of hydrogen-bond acceptors (Lipinski definition) is 3. The van der Waals surface area contributed by atoms with Crippen LogP contribution in [0.2, 0.25) is 0 Å². The molecule has 22 heavy (non-hydrogen) atoms. The smallest absolute Gasteiger partial charge is 0.242 e. The summed E-state index contributed by atoms with van der Waals surface area (Å²) >= 11 is 0. The van der Waals surface area contributed by atoms with Crippen LogP contribution in [0.15, 0.2) is 0 Å². The molecule has 2 aliphatic rings. The van der Waals surface area contributed by atoms with Crippen molar-refractivity contribution in [2.75, 3.05) is 19.6 Å². The monoisotopic (exact) mass is 309 g/mol. The first kappa shape index (κ1) is 17.3. The highest BCUT2D eigenvalue weighted by atomic mass is 16.2. The summed E-state index contributed by atoms with van der Waals surface area (Å²) in [5.41, 5.74) is 5.79. The molecule has 0 bridgehead atoms. The minimum absolute atomic E-state index is 0.00919. The van der Waals surface area contributed by atoms with Gasteiger partial charge in [0.15, 0.2) is 0 Å². The van der Waals surface area contributed by atoms with E-state index in [-0.39, 0.29) is 24.4 Å². The normalized spacial score (nSPS) is 26.2. The maximum atomic E-state index is 12.3. The van der Waals surface area contributed by atoms with Crippen LogP contribution < -0.4 is 11.1 Å². The lowest BCUT2D eigenvalue weighted by Crippen LogP contribution is -2.52. The van der Waals surface area contributed by atoms with Gasteiger partial charge in [-0.1, -0.05) is 32.6 Å². The second-order valence-electron chi connectivity index (χ2n) is 7.07. The molecule has 1 saturated heterocycles. The number of likely N-dealkylation sites (tertiary alicyclic amines) is 1. The maximum Gasteiger partial charge on any atom is 0.242 e. The number of rotatable bonds is 6. The molecule has 1 aliphatic heterocycles. The molecule has 5 nitrogen and oxygen atoms in total. The summed E-state index contributed by atoms with van der Waals surface area (Å²) in [7, 11) is 0. The number of nitrogens with one attached hydrogen (secondary N) is 1. The minimum Gasteiger partial charge on any atom is -0.347 e. The van der Waals surface area contributed by atoms with Crippen molar-refractivity contribution in [3.8, 4) is 0 Å². The summed E-state index contributed by atoms with van der Waals surface area (Å²) in [5, 5.41) is 2.79. The third-order valence-corrected chi connectivity index (χ3v) is 5.26. The molecule has 2 atom stereocenters. The topological polar surface area (TPSA) is 75.4 Å². The molecule has 2 fully saturated rings. The molecule has 3 N–H and O–H groups in total. The van der Waals surface area contributed by atoms with Gasteiger partial charge in [-0.05, 0) is 31.1 Å². The summed E-state index contributed by atoms with van der Waals surface area (Å²) in [6.07, 6.45) is 8.64. The van der Waals surface area contributed by atoms with E-state index in [1.807, 2.05) is 4.90 Å². The quantitative estimate of drug-likeness (QED) is 0.783. The van der Waals surface area contributed by atoms with Crippen LogP contribution in [-0.4, -0.2) is 42.4 Å². The fourth-order valence-corrected chi connectivity index (χ4v) is 3.80. The Kier molecular flexibility index (Phi) is 6.68. The van der Waals surface area contributed by atoms with E-state index in [1.165, 1.54) is 25.7 Å². The van der Waals surface area contributed by atoms with Crippen LogP contribution in [0.5, 0.6) is 0 Å². The van der Waals surface area contributed by atoms with Crippen molar-refractivity contribution in [1.29, 1.82) is 0 Å². The van der Waals surface area contributed by atoms with Gasteiger partial charge in [-0.3, -0.25) is 9.59 Å². The molecule has 0 aromatic heterocycles. The van der Waals surface area contributed by atoms with E-state index in [4.69, 9.17) is 5.73 Å². The van der Waals surface area contributed by atoms with E-state index in [1.54, 1.807) is 0 Å². The van der Waals surface area contributed by atoms with Gasteiger partial charge in [0.2, 0.25) is 11.8 Å². The number of carbonyl (C=O) groups excluding carboxylic acids is 2. The van der Waals surface area contributed by atoms with E-state index in [2.05, 4.69) is 12.2 Å². The van der Waals surface area contributed by atoms with Gasteiger partial charge in [0.1, 0.15) is 0 Å². The summed E-state index contributed by atoms with van der Waals surface area (Å²) in [4.78, 5) is 26.0. The number of nitrogens with two attached hydrogens (primary N) is 1. The van der Waals surface area contributed by atoms with Gasteiger partial charge in [0, 0.05) is 25.6 Å². The third kappa shape index (κ3) is 4.97. The zero-order valence-electron chi connectivity index (χ0n) is 13.9. The molecule has 1 saturated carbocycles. The SMILES string of the molecule is CC1CCN(C(=O)CNC(=O)CCC2CCCC2)C(CN)C1. The van der Waals surface area contributed by atoms with Gasteiger partial charge < -0.3 is 16.0 Å². The molecular weight excluding hydrogens is 278 g/mol. The number of carbonyl (C=O) groups is 2. The van der Waals surface area contributed by atoms with Crippen LogP contribution in [0.3, 0.4) is 0 Å². The Morgan fingerprint density at radius 3 is 2.64 bits per heavy atom. The molecule has 5 heteroatoms. The Labute approximate surface area is 134 Å². The van der Waals surface area contributed by atoms with Crippen molar-refractivity contribution < 1.29 is 9.59 Å². The number of amides is 2. The first-order valence-electron chi connectivity index (χ1n) is 8.86. The van der Waals surface area contributed by atoms with Gasteiger partial charge in [0.25, 0.3) is 0 Å². The van der Waals surface area contributed by atoms with E-state index in [9.17, 15) is 9.59 Å². The lowest BCUT2D eigenvalue weighted by molar-refractivity contribution is -0.136. The molecule has 2 rings (SSSR count). The highest BCUT2D eigenvalue weighted by molar-refractivity contribution is 5.85. The fourth-order valence-electron chi connectivity index (χ4n) is 3.80. The Hall–Kier alpha value is -1.10. The van der Waals surface area contributed by atoms with Gasteiger partial charge in [-0.2, -0.15) is 0 Å². The Morgan fingerprint density at radius 1 is 1.23 bits per heavy atom. The highest BCUT2D eigenvalue weighted by Crippen LogP contribution is 2.28. The third-order valence-electron chi connectivity index (χ3n) is 5.26. The first-order valence-corrected chi connectivity index (χ1v) is 8.86. The minimum atomic E-state index is 0.00919. The van der Waals surface area contributed by atoms with Crippen molar-refractivity contribution in [1.82, 2.24) is 10.2 Å². The summed E-state index contributed by atoms with van der Waals surface area (Å²) in [6, 6.07) is 0.131. The first-order chi connectivity index (χ1) is 10.6. The second kappa shape index (κ2) is 8.51. The largest absolute Gasteiger partial charge is 0.347 e. The van der Waals surface area contributed by atoms with Crippen molar-refractivity contribution in [2.24, 2.45) is 17.6 Å². The molecular formula is C17H31N3O2. The predicted octanol–water partition coefficient (Wildman–Crippen LogP) is 1.66. The average Bonchev–Trinajstić information content (AvgIpc) is 3.03. The molecule has 0 aromatic rings. The van der Waals surface area contributed by atoms with Gasteiger partial charge >= 0.3 is 0 Å².